The van der Waals surface area contributed by atoms with Crippen LogP contribution in [0.3, 0.4) is 0 Å². The van der Waals surface area contributed by atoms with Crippen LogP contribution in [0.1, 0.15) is 46.5 Å². The van der Waals surface area contributed by atoms with Crippen LogP contribution in [-0.2, 0) is 4.79 Å². The number of carboxylic acids is 1. The second-order valence-electron chi connectivity index (χ2n) is 6.39. The zero-order chi connectivity index (χ0) is 15.9. The highest BCUT2D eigenvalue weighted by Crippen LogP contribution is 2.26. The van der Waals surface area contributed by atoms with Crippen molar-refractivity contribution in [3.8, 4) is 0 Å². The van der Waals surface area contributed by atoms with Gasteiger partial charge in [-0.3, -0.25) is 4.79 Å². The summed E-state index contributed by atoms with van der Waals surface area (Å²) in [6.45, 7) is 8.50. The minimum Gasteiger partial charge on any atom is -0.481 e. The molecule has 5 nitrogen and oxygen atoms in total. The van der Waals surface area contributed by atoms with E-state index in [1.165, 1.54) is 0 Å². The summed E-state index contributed by atoms with van der Waals surface area (Å²) in [7, 11) is 0. The van der Waals surface area contributed by atoms with Crippen molar-refractivity contribution in [1.29, 1.82) is 0 Å². The second-order valence-corrected chi connectivity index (χ2v) is 7.80. The van der Waals surface area contributed by atoms with Gasteiger partial charge in [-0.25, -0.2) is 4.79 Å². The molecule has 122 valence electrons. The number of carboxylic acid groups (broad SMARTS) is 1. The summed E-state index contributed by atoms with van der Waals surface area (Å²) in [4.78, 5) is 24.6. The average molecular weight is 316 g/mol. The van der Waals surface area contributed by atoms with Crippen LogP contribution in [0.5, 0.6) is 0 Å². The number of amides is 2. The maximum Gasteiger partial charge on any atom is 0.317 e. The molecule has 1 saturated heterocycles. The van der Waals surface area contributed by atoms with Gasteiger partial charge in [-0.15, -0.1) is 0 Å². The van der Waals surface area contributed by atoms with Crippen molar-refractivity contribution in [2.24, 2.45) is 5.41 Å². The van der Waals surface area contributed by atoms with Crippen LogP contribution >= 0.6 is 11.8 Å². The first kappa shape index (κ1) is 18.1. The van der Waals surface area contributed by atoms with Crippen molar-refractivity contribution >= 4 is 23.8 Å². The second kappa shape index (κ2) is 8.51. The number of carbonyl (C=O) groups excluding carboxylic acids is 1. The Kier molecular flexibility index (Phi) is 7.35. The Hall–Kier alpha value is -0.910. The van der Waals surface area contributed by atoms with Gasteiger partial charge >= 0.3 is 12.0 Å². The van der Waals surface area contributed by atoms with Crippen LogP contribution in [0.25, 0.3) is 0 Å². The number of urea groups is 1. The monoisotopic (exact) mass is 316 g/mol. The molecule has 2 N–H and O–H groups in total. The molecule has 2 amide bonds. The molecule has 0 saturated carbocycles. The molecular weight excluding hydrogens is 288 g/mol. The van der Waals surface area contributed by atoms with Crippen LogP contribution < -0.4 is 5.32 Å². The maximum absolute atomic E-state index is 12.1. The lowest BCUT2D eigenvalue weighted by Crippen LogP contribution is -2.47. The van der Waals surface area contributed by atoms with E-state index < -0.39 is 5.97 Å². The Morgan fingerprint density at radius 3 is 2.71 bits per heavy atom. The SMILES string of the molecule is CCC1CN(C(=O)NCCC(C)(C)CCC(=O)O)CCS1. The molecule has 21 heavy (non-hydrogen) atoms. The van der Waals surface area contributed by atoms with Crippen LogP contribution in [-0.4, -0.2) is 52.6 Å². The third kappa shape index (κ3) is 7.07. The van der Waals surface area contributed by atoms with Crippen molar-refractivity contribution in [1.82, 2.24) is 10.2 Å². The minimum atomic E-state index is -0.761. The normalized spacial score (nSPS) is 19.4. The summed E-state index contributed by atoms with van der Waals surface area (Å²) >= 11 is 1.94. The predicted octanol–water partition coefficient (Wildman–Crippen LogP) is 2.80. The van der Waals surface area contributed by atoms with Gasteiger partial charge in [-0.1, -0.05) is 20.8 Å². The third-order valence-corrected chi connectivity index (χ3v) is 5.35. The van der Waals surface area contributed by atoms with Gasteiger partial charge in [0.25, 0.3) is 0 Å². The Bertz CT molecular complexity index is 361. The number of carbonyl (C=O) groups is 2. The fourth-order valence-electron chi connectivity index (χ4n) is 2.34. The lowest BCUT2D eigenvalue weighted by molar-refractivity contribution is -0.137. The van der Waals surface area contributed by atoms with E-state index in [-0.39, 0.29) is 17.9 Å². The van der Waals surface area contributed by atoms with Gasteiger partial charge in [-0.05, 0) is 24.7 Å². The quantitative estimate of drug-likeness (QED) is 0.758. The standard InChI is InChI=1S/C15H28N2O3S/c1-4-12-11-17(9-10-21-12)14(20)16-8-7-15(2,3)6-5-13(18)19/h12H,4-11H2,1-3H3,(H,16,20)(H,18,19). The fourth-order valence-corrected chi connectivity index (χ4v) is 3.52. The molecular formula is C15H28N2O3S. The van der Waals surface area contributed by atoms with E-state index in [1.54, 1.807) is 0 Å². The number of nitrogens with zero attached hydrogens (tertiary/aromatic N) is 1. The fraction of sp³-hybridized carbons (Fsp3) is 0.867. The molecule has 1 aliphatic rings. The molecule has 0 aromatic heterocycles. The summed E-state index contributed by atoms with van der Waals surface area (Å²) in [5.41, 5.74) is -0.0601. The van der Waals surface area contributed by atoms with Gasteiger partial charge in [0.15, 0.2) is 0 Å². The van der Waals surface area contributed by atoms with Crippen molar-refractivity contribution in [2.45, 2.75) is 51.7 Å². The molecule has 1 rings (SSSR count). The van der Waals surface area contributed by atoms with Crippen LogP contribution in [0.4, 0.5) is 4.79 Å². The highest BCUT2D eigenvalue weighted by atomic mass is 32.2. The maximum atomic E-state index is 12.1. The van der Waals surface area contributed by atoms with Crippen molar-refractivity contribution < 1.29 is 14.7 Å². The van der Waals surface area contributed by atoms with Crippen LogP contribution in [0, 0.1) is 5.41 Å². The van der Waals surface area contributed by atoms with E-state index >= 15 is 0 Å². The number of aliphatic carboxylic acids is 1. The summed E-state index contributed by atoms with van der Waals surface area (Å²) in [6, 6.07) is 0.0165. The van der Waals surface area contributed by atoms with E-state index in [0.717, 1.165) is 31.7 Å². The molecule has 1 aliphatic heterocycles. The molecule has 0 aromatic carbocycles. The van der Waals surface area contributed by atoms with E-state index in [2.05, 4.69) is 12.2 Å². The Labute approximate surface area is 131 Å². The first-order valence-electron chi connectivity index (χ1n) is 7.70. The minimum absolute atomic E-state index is 0.0165. The van der Waals surface area contributed by atoms with Gasteiger partial charge in [-0.2, -0.15) is 11.8 Å². The molecule has 6 heteroatoms. The summed E-state index contributed by atoms with van der Waals surface area (Å²) in [6.07, 6.45) is 2.71. The zero-order valence-corrected chi connectivity index (χ0v) is 14.2. The summed E-state index contributed by atoms with van der Waals surface area (Å²) < 4.78 is 0. The zero-order valence-electron chi connectivity index (χ0n) is 13.4. The molecule has 0 spiro atoms. The van der Waals surface area contributed by atoms with Crippen molar-refractivity contribution in [3.05, 3.63) is 0 Å². The Morgan fingerprint density at radius 1 is 1.38 bits per heavy atom. The highest BCUT2D eigenvalue weighted by Gasteiger charge is 2.24. The number of hydrogen-bond donors (Lipinski definition) is 2. The van der Waals surface area contributed by atoms with E-state index in [1.807, 2.05) is 30.5 Å². The van der Waals surface area contributed by atoms with Crippen molar-refractivity contribution in [3.63, 3.8) is 0 Å². The molecule has 1 atom stereocenters. The molecule has 1 heterocycles. The number of rotatable bonds is 7. The molecule has 1 fully saturated rings. The van der Waals surface area contributed by atoms with E-state index in [9.17, 15) is 9.59 Å². The van der Waals surface area contributed by atoms with Gasteiger partial charge in [0.05, 0.1) is 0 Å². The number of nitrogens with one attached hydrogen (secondary N) is 1. The first-order valence-corrected chi connectivity index (χ1v) is 8.75. The lowest BCUT2D eigenvalue weighted by atomic mass is 9.84. The van der Waals surface area contributed by atoms with E-state index in [4.69, 9.17) is 5.11 Å². The molecule has 0 bridgehead atoms. The summed E-state index contributed by atoms with van der Waals surface area (Å²) in [5, 5.41) is 12.3. The van der Waals surface area contributed by atoms with Gasteiger partial charge in [0, 0.05) is 37.1 Å². The van der Waals surface area contributed by atoms with Crippen molar-refractivity contribution in [2.75, 3.05) is 25.4 Å². The molecule has 1 unspecified atom stereocenters. The number of hydrogen-bond acceptors (Lipinski definition) is 3. The van der Waals surface area contributed by atoms with Gasteiger partial charge in [0.2, 0.25) is 0 Å². The smallest absolute Gasteiger partial charge is 0.317 e. The molecule has 0 aliphatic carbocycles. The molecule has 0 aromatic rings. The van der Waals surface area contributed by atoms with E-state index in [0.29, 0.717) is 18.2 Å². The largest absolute Gasteiger partial charge is 0.481 e. The van der Waals surface area contributed by atoms with Crippen LogP contribution in [0.15, 0.2) is 0 Å². The topological polar surface area (TPSA) is 69.6 Å². The highest BCUT2D eigenvalue weighted by molar-refractivity contribution is 8.00. The Balaban J connectivity index is 2.27. The molecule has 0 radical (unpaired) electrons. The van der Waals surface area contributed by atoms with Gasteiger partial charge < -0.3 is 15.3 Å². The lowest BCUT2D eigenvalue weighted by Gasteiger charge is -2.32. The predicted molar refractivity (Wildman–Crippen MR) is 86.8 cm³/mol. The Morgan fingerprint density at radius 2 is 2.10 bits per heavy atom. The van der Waals surface area contributed by atoms with Gasteiger partial charge in [0.1, 0.15) is 0 Å². The van der Waals surface area contributed by atoms with Crippen LogP contribution in [0.2, 0.25) is 0 Å². The third-order valence-electron chi connectivity index (χ3n) is 3.97. The average Bonchev–Trinajstić information content (AvgIpc) is 2.45. The summed E-state index contributed by atoms with van der Waals surface area (Å²) in [5.74, 6) is 0.249. The number of thioether (sulfide) groups is 1. The first-order chi connectivity index (χ1) is 9.84.